The third-order valence-corrected chi connectivity index (χ3v) is 3.85. The zero-order chi connectivity index (χ0) is 16.4. The fourth-order valence-corrected chi connectivity index (χ4v) is 2.44. The number of hydrogen-bond donors (Lipinski definition) is 7. The van der Waals surface area contributed by atoms with Crippen LogP contribution in [-0.2, 0) is 14.2 Å². The second-order valence-electron chi connectivity index (χ2n) is 5.45. The monoisotopic (exact) mass is 326 g/mol. The summed E-state index contributed by atoms with van der Waals surface area (Å²) in [6, 6.07) is 0. The van der Waals surface area contributed by atoms with Crippen molar-refractivity contribution < 1.29 is 50.0 Å². The Hall–Kier alpha value is -0.400. The van der Waals surface area contributed by atoms with Crippen molar-refractivity contribution in [2.24, 2.45) is 0 Å². The Bertz CT molecular complexity index is 355. The molecule has 0 radical (unpaired) electrons. The predicted molar refractivity (Wildman–Crippen MR) is 67.2 cm³/mol. The normalized spacial score (nSPS) is 50.0. The van der Waals surface area contributed by atoms with Gasteiger partial charge in [0.05, 0.1) is 19.3 Å². The van der Waals surface area contributed by atoms with Gasteiger partial charge in [0.2, 0.25) is 0 Å². The van der Waals surface area contributed by atoms with Crippen LogP contribution in [0.25, 0.3) is 0 Å². The van der Waals surface area contributed by atoms with Gasteiger partial charge < -0.3 is 50.0 Å². The zero-order valence-corrected chi connectivity index (χ0v) is 11.7. The summed E-state index contributed by atoms with van der Waals surface area (Å²) in [4.78, 5) is 0. The van der Waals surface area contributed by atoms with Crippen molar-refractivity contribution in [2.75, 3.05) is 13.2 Å². The molecule has 0 bridgehead atoms. The van der Waals surface area contributed by atoms with Crippen LogP contribution in [-0.4, -0.2) is 104 Å². The molecule has 22 heavy (non-hydrogen) atoms. The summed E-state index contributed by atoms with van der Waals surface area (Å²) in [6.07, 6.45) is -11.9. The minimum atomic E-state index is -1.67. The van der Waals surface area contributed by atoms with Crippen molar-refractivity contribution in [3.05, 3.63) is 0 Å². The van der Waals surface area contributed by atoms with Crippen LogP contribution >= 0.6 is 0 Å². The fraction of sp³-hybridized carbons (Fsp3) is 1.00. The molecule has 130 valence electrons. The Morgan fingerprint density at radius 2 is 1.50 bits per heavy atom. The Balaban J connectivity index is 1.87. The van der Waals surface area contributed by atoms with Crippen LogP contribution in [0.5, 0.6) is 0 Å². The maximum Gasteiger partial charge on any atom is 0.184 e. The van der Waals surface area contributed by atoms with Gasteiger partial charge in [-0.2, -0.15) is 0 Å². The van der Waals surface area contributed by atoms with Gasteiger partial charge >= 0.3 is 0 Å². The summed E-state index contributed by atoms with van der Waals surface area (Å²) in [5.74, 6) is 0. The van der Waals surface area contributed by atoms with Gasteiger partial charge in [0.25, 0.3) is 0 Å². The summed E-state index contributed by atoms with van der Waals surface area (Å²) >= 11 is 0. The van der Waals surface area contributed by atoms with E-state index in [1.54, 1.807) is 0 Å². The van der Waals surface area contributed by atoms with Gasteiger partial charge in [-0.05, 0) is 0 Å². The molecule has 2 rings (SSSR count). The van der Waals surface area contributed by atoms with E-state index in [9.17, 15) is 30.6 Å². The molecule has 0 unspecified atom stereocenters. The van der Waals surface area contributed by atoms with Crippen LogP contribution in [0.2, 0.25) is 0 Å². The first-order valence-electron chi connectivity index (χ1n) is 6.97. The van der Waals surface area contributed by atoms with Gasteiger partial charge in [0.1, 0.15) is 36.6 Å². The van der Waals surface area contributed by atoms with Crippen LogP contribution < -0.4 is 0 Å². The van der Waals surface area contributed by atoms with E-state index in [1.165, 1.54) is 0 Å². The van der Waals surface area contributed by atoms with E-state index in [1.807, 2.05) is 0 Å². The molecule has 2 aliphatic rings. The van der Waals surface area contributed by atoms with Gasteiger partial charge in [-0.25, -0.2) is 0 Å². The number of aliphatic hydroxyl groups is 7. The Kier molecular flexibility index (Phi) is 6.07. The van der Waals surface area contributed by atoms with E-state index in [0.717, 1.165) is 0 Å². The van der Waals surface area contributed by atoms with Crippen LogP contribution in [0.4, 0.5) is 0 Å². The van der Waals surface area contributed by atoms with Gasteiger partial charge in [0, 0.05) is 6.42 Å². The van der Waals surface area contributed by atoms with E-state index >= 15 is 0 Å². The van der Waals surface area contributed by atoms with E-state index < -0.39 is 61.9 Å². The summed E-state index contributed by atoms with van der Waals surface area (Å²) in [5, 5.41) is 66.3. The Labute approximate surface area is 126 Å². The number of aliphatic hydroxyl groups excluding tert-OH is 7. The van der Waals surface area contributed by atoms with E-state index in [0.29, 0.717) is 0 Å². The minimum absolute atomic E-state index is 0.0613. The second-order valence-corrected chi connectivity index (χ2v) is 5.45. The largest absolute Gasteiger partial charge is 0.394 e. The molecule has 9 atom stereocenters. The number of hydrogen-bond acceptors (Lipinski definition) is 10. The SMILES string of the molecule is OC[C@H]1O[C@H](OC[C@H]2O[C@@H](O)[C@H](O)[C@@H](O)[C@@H]2O)C[C@@H](O)[C@@H]1O. The standard InChI is InChI=1S/C12H22O10/c13-2-5-8(15)4(14)1-7(21-5)20-3-6-9(16)10(17)11(18)12(19)22-6/h4-19H,1-3H2/t4-,5-,6-,7+,8+,9-,10+,11-,12-/m1/s1. The lowest BCUT2D eigenvalue weighted by Gasteiger charge is -2.40. The molecule has 0 aromatic carbocycles. The maximum atomic E-state index is 9.75. The third kappa shape index (κ3) is 3.74. The molecule has 10 heteroatoms. The lowest BCUT2D eigenvalue weighted by atomic mass is 9.99. The van der Waals surface area contributed by atoms with Crippen molar-refractivity contribution in [3.63, 3.8) is 0 Å². The molecular formula is C12H22O10. The molecule has 0 aromatic rings. The molecule has 0 aliphatic carbocycles. The third-order valence-electron chi connectivity index (χ3n) is 3.85. The molecule has 2 fully saturated rings. The molecule has 0 amide bonds. The highest BCUT2D eigenvalue weighted by Gasteiger charge is 2.44. The number of rotatable bonds is 4. The van der Waals surface area contributed by atoms with Gasteiger partial charge in [-0.1, -0.05) is 0 Å². The van der Waals surface area contributed by atoms with Gasteiger partial charge in [-0.3, -0.25) is 0 Å². The second kappa shape index (κ2) is 7.45. The molecule has 2 heterocycles. The van der Waals surface area contributed by atoms with Crippen LogP contribution in [0.15, 0.2) is 0 Å². The maximum absolute atomic E-state index is 9.75. The summed E-state index contributed by atoms with van der Waals surface area (Å²) in [5.41, 5.74) is 0. The van der Waals surface area contributed by atoms with Crippen molar-refractivity contribution in [1.29, 1.82) is 0 Å². The van der Waals surface area contributed by atoms with Crippen molar-refractivity contribution in [3.8, 4) is 0 Å². The lowest BCUT2D eigenvalue weighted by molar-refractivity contribution is -0.307. The average molecular weight is 326 g/mol. The Morgan fingerprint density at radius 3 is 2.14 bits per heavy atom. The van der Waals surface area contributed by atoms with Gasteiger partial charge in [0.15, 0.2) is 12.6 Å². The zero-order valence-electron chi connectivity index (χ0n) is 11.7. The van der Waals surface area contributed by atoms with Crippen LogP contribution in [0, 0.1) is 0 Å². The molecule has 0 spiro atoms. The molecule has 2 saturated heterocycles. The number of ether oxygens (including phenoxy) is 3. The molecule has 0 aromatic heterocycles. The minimum Gasteiger partial charge on any atom is -0.394 e. The Morgan fingerprint density at radius 1 is 0.818 bits per heavy atom. The van der Waals surface area contributed by atoms with Gasteiger partial charge in [-0.15, -0.1) is 0 Å². The fourth-order valence-electron chi connectivity index (χ4n) is 2.44. The molecule has 2 aliphatic heterocycles. The first-order chi connectivity index (χ1) is 10.3. The molecule has 10 nitrogen and oxygen atoms in total. The topological polar surface area (TPSA) is 169 Å². The van der Waals surface area contributed by atoms with E-state index in [4.69, 9.17) is 19.3 Å². The summed E-state index contributed by atoms with van der Waals surface area (Å²) in [7, 11) is 0. The van der Waals surface area contributed by atoms with E-state index in [-0.39, 0.29) is 13.0 Å². The smallest absolute Gasteiger partial charge is 0.184 e. The van der Waals surface area contributed by atoms with Crippen molar-refractivity contribution in [2.45, 2.75) is 61.7 Å². The molecule has 0 saturated carbocycles. The average Bonchev–Trinajstić information content (AvgIpc) is 2.50. The quantitative estimate of drug-likeness (QED) is 0.268. The van der Waals surface area contributed by atoms with Crippen LogP contribution in [0.1, 0.15) is 6.42 Å². The predicted octanol–water partition coefficient (Wildman–Crippen LogP) is -4.37. The first-order valence-corrected chi connectivity index (χ1v) is 6.97. The molecular weight excluding hydrogens is 304 g/mol. The summed E-state index contributed by atoms with van der Waals surface area (Å²) in [6.45, 7) is -0.808. The molecule has 7 N–H and O–H groups in total. The van der Waals surface area contributed by atoms with Crippen molar-refractivity contribution >= 4 is 0 Å². The van der Waals surface area contributed by atoms with E-state index in [2.05, 4.69) is 0 Å². The van der Waals surface area contributed by atoms with Crippen LogP contribution in [0.3, 0.4) is 0 Å². The summed E-state index contributed by atoms with van der Waals surface area (Å²) < 4.78 is 15.4. The highest BCUT2D eigenvalue weighted by Crippen LogP contribution is 2.24. The first kappa shape index (κ1) is 17.9. The highest BCUT2D eigenvalue weighted by atomic mass is 16.7. The van der Waals surface area contributed by atoms with Crippen molar-refractivity contribution in [1.82, 2.24) is 0 Å². The lowest BCUT2D eigenvalue weighted by Crippen LogP contribution is -2.59. The highest BCUT2D eigenvalue weighted by molar-refractivity contribution is 4.89.